The lowest BCUT2D eigenvalue weighted by Crippen LogP contribution is -2.75. The highest BCUT2D eigenvalue weighted by atomic mass is 32.2. The normalized spacial score (nSPS) is 15.9. The summed E-state index contributed by atoms with van der Waals surface area (Å²) in [5.74, 6) is -56.8. The third-order valence-corrected chi connectivity index (χ3v) is 6.86. The van der Waals surface area contributed by atoms with Crippen LogP contribution in [0, 0.1) is 0 Å². The molecule has 0 saturated carbocycles. The van der Waals surface area contributed by atoms with Crippen molar-refractivity contribution in [1.82, 2.24) is 4.31 Å². The monoisotopic (exact) mass is 725 g/mol. The molecule has 0 aliphatic carbocycles. The van der Waals surface area contributed by atoms with Gasteiger partial charge in [-0.3, -0.25) is 0 Å². The first-order valence-corrected chi connectivity index (χ1v) is 11.6. The Labute approximate surface area is 229 Å². The molecule has 0 amide bonds. The van der Waals surface area contributed by atoms with Crippen molar-refractivity contribution < 1.29 is 110 Å². The van der Waals surface area contributed by atoms with Crippen molar-refractivity contribution in [1.29, 1.82) is 0 Å². The molecular weight excluding hydrogens is 713 g/mol. The number of rotatable bonds is 14. The van der Waals surface area contributed by atoms with Crippen LogP contribution in [0.25, 0.3) is 0 Å². The predicted octanol–water partition coefficient (Wildman–Crippen LogP) is 7.30. The average molecular weight is 725 g/mol. The molecule has 5 nitrogen and oxygen atoms in total. The highest BCUT2D eigenvalue weighted by Crippen LogP contribution is 2.64. The molecule has 0 N–H and O–H groups in total. The molecule has 0 unspecified atom stereocenters. The molecule has 0 atom stereocenters. The summed E-state index contributed by atoms with van der Waals surface area (Å²) >= 11 is 0. The average Bonchev–Trinajstić information content (AvgIpc) is 2.79. The summed E-state index contributed by atoms with van der Waals surface area (Å²) in [4.78, 5) is 11.1. The van der Waals surface area contributed by atoms with Gasteiger partial charge in [-0.15, -0.1) is 4.31 Å². The number of hydrogen-bond acceptors (Lipinski definition) is 4. The number of hydrogen-bond donors (Lipinski definition) is 0. The summed E-state index contributed by atoms with van der Waals surface area (Å²) in [5, 5.41) is -8.56. The van der Waals surface area contributed by atoms with E-state index in [-0.39, 0.29) is 0 Å². The van der Waals surface area contributed by atoms with Crippen LogP contribution in [-0.4, -0.2) is 84.4 Å². The van der Waals surface area contributed by atoms with Crippen LogP contribution in [0.3, 0.4) is 0 Å². The molecular formula is C17H12F21NO4S. The summed E-state index contributed by atoms with van der Waals surface area (Å²) in [5.41, 5.74) is -1.24. The van der Waals surface area contributed by atoms with Crippen LogP contribution in [0.5, 0.6) is 0 Å². The SMILES string of the molecule is C=C(C)C(=O)OC(F)(F)C(F)(F)N(CCC)S(=O)(=O)C(F)(F)C(F)(F)C(F)(F)C(F)(F)C(F)(F)C(F)(F)C(F)(F)C(F)(F)F. The first-order valence-electron chi connectivity index (χ1n) is 10.2. The van der Waals surface area contributed by atoms with Crippen molar-refractivity contribution >= 4 is 16.0 Å². The molecule has 0 aromatic heterocycles. The summed E-state index contributed by atoms with van der Waals surface area (Å²) < 4.78 is 308. The van der Waals surface area contributed by atoms with Crippen LogP contribution in [0.2, 0.25) is 0 Å². The van der Waals surface area contributed by atoms with Crippen LogP contribution in [0.1, 0.15) is 20.3 Å². The summed E-state index contributed by atoms with van der Waals surface area (Å²) in [7, 11) is -8.86. The zero-order valence-corrected chi connectivity index (χ0v) is 21.4. The van der Waals surface area contributed by atoms with Gasteiger partial charge >= 0.3 is 65.1 Å². The molecule has 0 spiro atoms. The summed E-state index contributed by atoms with van der Waals surface area (Å²) in [6.45, 7) is 0.687. The van der Waals surface area contributed by atoms with E-state index in [0.717, 1.165) is 0 Å². The number of sulfonamides is 1. The van der Waals surface area contributed by atoms with Gasteiger partial charge in [-0.2, -0.15) is 92.2 Å². The van der Waals surface area contributed by atoms with Gasteiger partial charge in [-0.05, 0) is 13.3 Å². The van der Waals surface area contributed by atoms with Crippen molar-refractivity contribution in [3.8, 4) is 0 Å². The smallest absolute Gasteiger partial charge is 0.392 e. The fourth-order valence-corrected chi connectivity index (χ4v) is 4.03. The van der Waals surface area contributed by atoms with E-state index in [1.807, 2.05) is 0 Å². The third kappa shape index (κ3) is 5.62. The zero-order chi connectivity index (χ0) is 36.4. The maximum Gasteiger partial charge on any atom is 0.483 e. The Morgan fingerprint density at radius 1 is 0.636 bits per heavy atom. The maximum absolute atomic E-state index is 14.4. The second-order valence-electron chi connectivity index (χ2n) is 8.27. The van der Waals surface area contributed by atoms with Crippen molar-refractivity contribution in [3.63, 3.8) is 0 Å². The molecule has 0 bridgehead atoms. The Morgan fingerprint density at radius 3 is 1.25 bits per heavy atom. The molecule has 0 radical (unpaired) electrons. The minimum Gasteiger partial charge on any atom is -0.392 e. The highest BCUT2D eigenvalue weighted by molar-refractivity contribution is 7.90. The molecule has 44 heavy (non-hydrogen) atoms. The second kappa shape index (κ2) is 11.2. The van der Waals surface area contributed by atoms with E-state index in [2.05, 4.69) is 11.3 Å². The number of ether oxygens (including phenoxy) is 1. The molecule has 0 fully saturated rings. The molecule has 0 aromatic rings. The predicted molar refractivity (Wildman–Crippen MR) is 97.4 cm³/mol. The first kappa shape index (κ1) is 41.7. The lowest BCUT2D eigenvalue weighted by molar-refractivity contribution is -0.458. The minimum absolute atomic E-state index is 0.360. The molecule has 27 heteroatoms. The van der Waals surface area contributed by atoms with Crippen LogP contribution in [-0.2, 0) is 19.6 Å². The minimum atomic E-state index is -9.28. The maximum atomic E-state index is 14.4. The Balaban J connectivity index is 7.42. The van der Waals surface area contributed by atoms with E-state index in [9.17, 15) is 105 Å². The van der Waals surface area contributed by atoms with Gasteiger partial charge in [0.05, 0.1) is 0 Å². The second-order valence-corrected chi connectivity index (χ2v) is 10.2. The molecule has 0 aromatic carbocycles. The van der Waals surface area contributed by atoms with Crippen LogP contribution in [0.15, 0.2) is 12.2 Å². The molecule has 0 aliphatic heterocycles. The Bertz CT molecular complexity index is 1210. The van der Waals surface area contributed by atoms with Gasteiger partial charge in [0.1, 0.15) is 0 Å². The molecule has 262 valence electrons. The lowest BCUT2D eigenvalue weighted by Gasteiger charge is -2.43. The van der Waals surface area contributed by atoms with Gasteiger partial charge in [-0.25, -0.2) is 13.2 Å². The van der Waals surface area contributed by atoms with E-state index in [1.54, 1.807) is 0 Å². The Hall–Kier alpha value is -2.35. The number of nitrogens with zero attached hydrogens (tertiary/aromatic N) is 1. The number of carbonyl (C=O) groups excluding carboxylic acids is 1. The standard InChI is InChI=1S/C17H12F21NO4S/c1-4-5-39(15(33,34)16(35,36)43-7(40)6(2)3)44(41,42)17(37,38)13(28,29)11(24,25)9(20,21)8(18,19)10(22,23)12(26,27)14(30,31)32/h2,4-5H2,1,3H3. The van der Waals surface area contributed by atoms with Crippen molar-refractivity contribution in [2.24, 2.45) is 0 Å². The Morgan fingerprint density at radius 2 is 0.955 bits per heavy atom. The van der Waals surface area contributed by atoms with E-state index >= 15 is 0 Å². The first-order chi connectivity index (χ1) is 18.8. The van der Waals surface area contributed by atoms with Gasteiger partial charge < -0.3 is 4.74 Å². The number of carbonyl (C=O) groups is 1. The van der Waals surface area contributed by atoms with Gasteiger partial charge in [0, 0.05) is 12.1 Å². The molecule has 0 heterocycles. The Kier molecular flexibility index (Phi) is 10.6. The number of esters is 1. The van der Waals surface area contributed by atoms with E-state index in [1.165, 1.54) is 0 Å². The fourth-order valence-electron chi connectivity index (χ4n) is 2.47. The van der Waals surface area contributed by atoms with Crippen LogP contribution >= 0.6 is 0 Å². The van der Waals surface area contributed by atoms with Gasteiger partial charge in [0.25, 0.3) is 10.0 Å². The molecule has 0 rings (SSSR count). The molecule has 0 aliphatic rings. The van der Waals surface area contributed by atoms with Crippen LogP contribution < -0.4 is 0 Å². The van der Waals surface area contributed by atoms with E-state index < -0.39 is 98.0 Å². The zero-order valence-electron chi connectivity index (χ0n) is 20.5. The van der Waals surface area contributed by atoms with Crippen molar-refractivity contribution in [2.75, 3.05) is 6.54 Å². The third-order valence-electron chi connectivity index (χ3n) is 4.97. The van der Waals surface area contributed by atoms with Crippen molar-refractivity contribution in [2.45, 2.75) is 79.4 Å². The quantitative estimate of drug-likeness (QED) is 0.0817. The number of halogens is 21. The van der Waals surface area contributed by atoms with Gasteiger partial charge in [0.15, 0.2) is 0 Å². The highest BCUT2D eigenvalue weighted by Gasteiger charge is 2.96. The molecule has 0 saturated heterocycles. The lowest BCUT2D eigenvalue weighted by atomic mass is 9.91. The topological polar surface area (TPSA) is 63.7 Å². The van der Waals surface area contributed by atoms with Gasteiger partial charge in [-0.1, -0.05) is 13.5 Å². The largest absolute Gasteiger partial charge is 0.483 e. The van der Waals surface area contributed by atoms with Gasteiger partial charge in [0.2, 0.25) is 0 Å². The van der Waals surface area contributed by atoms with Crippen LogP contribution in [0.4, 0.5) is 92.2 Å². The van der Waals surface area contributed by atoms with E-state index in [0.29, 0.717) is 13.8 Å². The fraction of sp³-hybridized carbons (Fsp3) is 0.824. The summed E-state index contributed by atoms with van der Waals surface area (Å²) in [6, 6.07) is -7.12. The van der Waals surface area contributed by atoms with Crippen molar-refractivity contribution in [3.05, 3.63) is 12.2 Å². The summed E-state index contributed by atoms with van der Waals surface area (Å²) in [6.07, 6.45) is -16.4. The van der Waals surface area contributed by atoms with E-state index in [4.69, 9.17) is 0 Å². The number of alkyl halides is 21.